The number of aliphatic imine (C=N–C) groups is 1. The number of benzene rings is 2. The van der Waals surface area contributed by atoms with Crippen molar-refractivity contribution in [1.29, 1.82) is 0 Å². The van der Waals surface area contributed by atoms with E-state index in [4.69, 9.17) is 5.10 Å². The Morgan fingerprint density at radius 1 is 1.00 bits per heavy atom. The summed E-state index contributed by atoms with van der Waals surface area (Å²) < 4.78 is 2.11. The van der Waals surface area contributed by atoms with E-state index in [0.29, 0.717) is 0 Å². The molecule has 0 unspecified atom stereocenters. The van der Waals surface area contributed by atoms with Gasteiger partial charge in [-0.25, -0.2) is 9.67 Å². The minimum Gasteiger partial charge on any atom is -0.241 e. The third-order valence-corrected chi connectivity index (χ3v) is 4.38. The maximum atomic E-state index is 4.91. The van der Waals surface area contributed by atoms with Gasteiger partial charge in [0.25, 0.3) is 0 Å². The third kappa shape index (κ3) is 2.38. The smallest absolute Gasteiger partial charge is 0.158 e. The van der Waals surface area contributed by atoms with Gasteiger partial charge in [0.2, 0.25) is 0 Å². The topological polar surface area (TPSA) is 30.2 Å². The van der Waals surface area contributed by atoms with E-state index >= 15 is 0 Å². The van der Waals surface area contributed by atoms with Gasteiger partial charge in [0.15, 0.2) is 5.82 Å². The van der Waals surface area contributed by atoms with E-state index in [1.165, 1.54) is 16.7 Å². The summed E-state index contributed by atoms with van der Waals surface area (Å²) in [6, 6.07) is 21.3. The average molecular weight is 301 g/mol. The molecule has 1 aromatic heterocycles. The van der Waals surface area contributed by atoms with Gasteiger partial charge >= 0.3 is 0 Å². The molecule has 0 N–H and O–H groups in total. The lowest BCUT2D eigenvalue weighted by Crippen LogP contribution is -2.15. The summed E-state index contributed by atoms with van der Waals surface area (Å²) >= 11 is 0. The van der Waals surface area contributed by atoms with E-state index in [2.05, 4.69) is 71.2 Å². The fourth-order valence-electron chi connectivity index (χ4n) is 3.25. The van der Waals surface area contributed by atoms with Crippen LogP contribution in [0.15, 0.2) is 65.7 Å². The Labute approximate surface area is 136 Å². The molecule has 0 fully saturated rings. The van der Waals surface area contributed by atoms with Crippen LogP contribution in [0.2, 0.25) is 0 Å². The quantitative estimate of drug-likeness (QED) is 0.683. The Morgan fingerprint density at radius 3 is 2.39 bits per heavy atom. The molecule has 2 aromatic carbocycles. The molecule has 1 aliphatic rings. The van der Waals surface area contributed by atoms with E-state index in [9.17, 15) is 0 Å². The van der Waals surface area contributed by atoms with Crippen LogP contribution in [-0.4, -0.2) is 16.0 Å². The largest absolute Gasteiger partial charge is 0.241 e. The molecule has 0 spiro atoms. The summed E-state index contributed by atoms with van der Waals surface area (Å²) in [6.07, 6.45) is 3.82. The molecule has 0 radical (unpaired) electrons. The predicted molar refractivity (Wildman–Crippen MR) is 94.4 cm³/mol. The van der Waals surface area contributed by atoms with Crippen LogP contribution >= 0.6 is 0 Å². The molecular weight excluding hydrogens is 282 g/mol. The molecule has 23 heavy (non-hydrogen) atoms. The highest BCUT2D eigenvalue weighted by Crippen LogP contribution is 2.39. The summed E-state index contributed by atoms with van der Waals surface area (Å²) in [5.41, 5.74) is 4.76. The van der Waals surface area contributed by atoms with Crippen molar-refractivity contribution in [3.63, 3.8) is 0 Å². The first-order valence-electron chi connectivity index (χ1n) is 8.12. The van der Waals surface area contributed by atoms with Crippen LogP contribution in [0.25, 0.3) is 11.1 Å². The molecular formula is C20H19N3. The summed E-state index contributed by atoms with van der Waals surface area (Å²) in [5, 5.41) is 4.91. The number of hydrogen-bond donors (Lipinski definition) is 0. The van der Waals surface area contributed by atoms with Crippen LogP contribution in [0, 0.1) is 0 Å². The van der Waals surface area contributed by atoms with Crippen LogP contribution < -0.4 is 0 Å². The van der Waals surface area contributed by atoms with Gasteiger partial charge in [-0.1, -0.05) is 67.6 Å². The zero-order valence-electron chi connectivity index (χ0n) is 13.2. The van der Waals surface area contributed by atoms with Crippen molar-refractivity contribution in [2.45, 2.75) is 25.8 Å². The fourth-order valence-corrected chi connectivity index (χ4v) is 3.25. The van der Waals surface area contributed by atoms with Gasteiger partial charge in [-0.15, -0.1) is 0 Å². The maximum Gasteiger partial charge on any atom is 0.158 e. The van der Waals surface area contributed by atoms with Gasteiger partial charge in [-0.2, -0.15) is 5.10 Å². The van der Waals surface area contributed by atoms with E-state index in [0.717, 1.165) is 24.4 Å². The molecule has 0 saturated carbocycles. The van der Waals surface area contributed by atoms with Crippen molar-refractivity contribution < 1.29 is 0 Å². The fraction of sp³-hybridized carbons (Fsp3) is 0.200. The van der Waals surface area contributed by atoms with Gasteiger partial charge in [0.1, 0.15) is 0 Å². The summed E-state index contributed by atoms with van der Waals surface area (Å²) in [4.78, 5) is 4.69. The molecule has 114 valence electrons. The number of rotatable bonds is 3. The Bertz CT molecular complexity index is 832. The summed E-state index contributed by atoms with van der Waals surface area (Å²) in [5.74, 6) is 0.980. The van der Waals surface area contributed by atoms with Gasteiger partial charge in [0.05, 0.1) is 11.7 Å². The molecule has 0 amide bonds. The zero-order valence-corrected chi connectivity index (χ0v) is 13.2. The van der Waals surface area contributed by atoms with E-state index in [1.54, 1.807) is 0 Å². The number of aryl methyl sites for hydroxylation is 1. The lowest BCUT2D eigenvalue weighted by atomic mass is 10.0. The Morgan fingerprint density at radius 2 is 1.70 bits per heavy atom. The van der Waals surface area contributed by atoms with Crippen molar-refractivity contribution in [3.8, 4) is 11.1 Å². The normalized spacial score (nSPS) is 16.3. The van der Waals surface area contributed by atoms with Gasteiger partial charge in [-0.05, 0) is 17.5 Å². The van der Waals surface area contributed by atoms with Crippen LogP contribution in [0.1, 0.15) is 30.6 Å². The molecule has 3 heteroatoms. The van der Waals surface area contributed by atoms with Gasteiger partial charge in [0, 0.05) is 18.2 Å². The number of aromatic nitrogens is 2. The zero-order chi connectivity index (χ0) is 15.6. The summed E-state index contributed by atoms with van der Waals surface area (Å²) in [6.45, 7) is 2.15. The minimum atomic E-state index is 0.228. The SMILES string of the molecule is CCc1nn2c(c1-c1ccccc1)N=CC[C@@H]2c1ccccc1. The van der Waals surface area contributed by atoms with E-state index in [1.807, 2.05) is 12.3 Å². The number of fused-ring (bicyclic) bond motifs is 1. The number of hydrogen-bond acceptors (Lipinski definition) is 2. The molecule has 1 aliphatic heterocycles. The Hall–Kier alpha value is -2.68. The first-order chi connectivity index (χ1) is 11.4. The van der Waals surface area contributed by atoms with Crippen molar-refractivity contribution in [2.24, 2.45) is 4.99 Å². The Balaban J connectivity index is 1.89. The van der Waals surface area contributed by atoms with Crippen LogP contribution in [0.3, 0.4) is 0 Å². The lowest BCUT2D eigenvalue weighted by molar-refractivity contribution is 0.531. The predicted octanol–water partition coefficient (Wildman–Crippen LogP) is 4.81. The number of nitrogens with zero attached hydrogens (tertiary/aromatic N) is 3. The monoisotopic (exact) mass is 301 g/mol. The minimum absolute atomic E-state index is 0.228. The highest BCUT2D eigenvalue weighted by atomic mass is 15.3. The van der Waals surface area contributed by atoms with Crippen molar-refractivity contribution in [3.05, 3.63) is 71.9 Å². The maximum absolute atomic E-state index is 4.91. The van der Waals surface area contributed by atoms with Gasteiger partial charge < -0.3 is 0 Å². The molecule has 1 atom stereocenters. The molecule has 3 aromatic rings. The second-order valence-electron chi connectivity index (χ2n) is 5.78. The molecule has 2 heterocycles. The van der Waals surface area contributed by atoms with Crippen molar-refractivity contribution in [2.75, 3.05) is 0 Å². The third-order valence-electron chi connectivity index (χ3n) is 4.38. The van der Waals surface area contributed by atoms with E-state index in [-0.39, 0.29) is 6.04 Å². The second kappa shape index (κ2) is 5.84. The second-order valence-corrected chi connectivity index (χ2v) is 5.78. The highest BCUT2D eigenvalue weighted by Gasteiger charge is 2.26. The lowest BCUT2D eigenvalue weighted by Gasteiger charge is -2.21. The average Bonchev–Trinajstić information content (AvgIpc) is 3.02. The highest BCUT2D eigenvalue weighted by molar-refractivity contribution is 5.80. The molecule has 3 nitrogen and oxygen atoms in total. The molecule has 0 aliphatic carbocycles. The Kier molecular flexibility index (Phi) is 3.54. The van der Waals surface area contributed by atoms with Crippen LogP contribution in [0.5, 0.6) is 0 Å². The van der Waals surface area contributed by atoms with E-state index < -0.39 is 0 Å². The van der Waals surface area contributed by atoms with Gasteiger partial charge in [-0.3, -0.25) is 0 Å². The standard InChI is InChI=1S/C20H19N3/c1-2-17-19(16-11-7-4-8-12-16)20-21-14-13-18(23(20)22-17)15-9-5-3-6-10-15/h3-12,14,18H,2,13H2,1H3/t18-/m1/s1. The molecule has 0 saturated heterocycles. The van der Waals surface area contributed by atoms with Crippen molar-refractivity contribution >= 4 is 12.0 Å². The molecule has 0 bridgehead atoms. The first-order valence-corrected chi connectivity index (χ1v) is 8.12. The van der Waals surface area contributed by atoms with Crippen molar-refractivity contribution in [1.82, 2.24) is 9.78 Å². The first kappa shape index (κ1) is 13.9. The summed E-state index contributed by atoms with van der Waals surface area (Å²) in [7, 11) is 0. The van der Waals surface area contributed by atoms with Crippen LogP contribution in [-0.2, 0) is 6.42 Å². The van der Waals surface area contributed by atoms with Crippen LogP contribution in [0.4, 0.5) is 5.82 Å². The molecule has 4 rings (SSSR count).